The van der Waals surface area contributed by atoms with Crippen LogP contribution in [0.2, 0.25) is 0 Å². The Morgan fingerprint density at radius 1 is 1.32 bits per heavy atom. The fourth-order valence-corrected chi connectivity index (χ4v) is 3.58. The first-order chi connectivity index (χ1) is 13.3. The van der Waals surface area contributed by atoms with Gasteiger partial charge in [-0.25, -0.2) is 0 Å². The van der Waals surface area contributed by atoms with Crippen molar-refractivity contribution in [2.24, 2.45) is 5.92 Å². The minimum Gasteiger partial charge on any atom is -0.493 e. The van der Waals surface area contributed by atoms with Crippen molar-refractivity contribution in [2.75, 3.05) is 26.9 Å². The van der Waals surface area contributed by atoms with E-state index in [1.165, 1.54) is 4.90 Å². The quantitative estimate of drug-likeness (QED) is 0.339. The topological polar surface area (TPSA) is 65.1 Å². The van der Waals surface area contributed by atoms with E-state index >= 15 is 0 Å². The van der Waals surface area contributed by atoms with Crippen LogP contribution in [-0.2, 0) is 14.3 Å². The molecule has 0 aromatic heterocycles. The van der Waals surface area contributed by atoms with E-state index in [-0.39, 0.29) is 18.4 Å². The zero-order chi connectivity index (χ0) is 20.7. The Hall–Kier alpha value is -2.06. The lowest BCUT2D eigenvalue weighted by atomic mass is 10.2. The Labute approximate surface area is 175 Å². The lowest BCUT2D eigenvalue weighted by Gasteiger charge is -2.14. The number of esters is 1. The zero-order valence-electron chi connectivity index (χ0n) is 16.5. The molecule has 0 aliphatic carbocycles. The van der Waals surface area contributed by atoms with Gasteiger partial charge in [0.15, 0.2) is 11.5 Å². The van der Waals surface area contributed by atoms with Gasteiger partial charge in [0.2, 0.25) is 0 Å². The summed E-state index contributed by atoms with van der Waals surface area (Å²) in [5.74, 6) is 0.707. The molecule has 1 amide bonds. The number of carbonyl (C=O) groups is 2. The van der Waals surface area contributed by atoms with E-state index in [1.54, 1.807) is 19.3 Å². The first-order valence-corrected chi connectivity index (χ1v) is 10.3. The Balaban J connectivity index is 2.11. The second-order valence-electron chi connectivity index (χ2n) is 6.60. The summed E-state index contributed by atoms with van der Waals surface area (Å²) in [7, 11) is 1.57. The van der Waals surface area contributed by atoms with Crippen LogP contribution in [0.1, 0.15) is 32.8 Å². The van der Waals surface area contributed by atoms with Gasteiger partial charge in [-0.2, -0.15) is 0 Å². The van der Waals surface area contributed by atoms with Crippen LogP contribution in [0, 0.1) is 5.92 Å². The fraction of sp³-hybridized carbons (Fsp3) is 0.450. The number of hydrogen-bond acceptors (Lipinski definition) is 7. The summed E-state index contributed by atoms with van der Waals surface area (Å²) in [5.41, 5.74) is 0.781. The van der Waals surface area contributed by atoms with Gasteiger partial charge in [0.1, 0.15) is 10.9 Å². The number of benzene rings is 1. The highest BCUT2D eigenvalue weighted by atomic mass is 32.2. The molecule has 2 rings (SSSR count). The van der Waals surface area contributed by atoms with Crippen molar-refractivity contribution >= 4 is 46.3 Å². The molecule has 1 fully saturated rings. The molecule has 0 radical (unpaired) electrons. The smallest absolute Gasteiger partial charge is 0.326 e. The number of methoxy groups -OCH3 is 1. The Kier molecular flexibility index (Phi) is 8.32. The molecule has 0 unspecified atom stereocenters. The summed E-state index contributed by atoms with van der Waals surface area (Å²) in [6.45, 7) is 6.66. The largest absolute Gasteiger partial charge is 0.493 e. The molecule has 0 N–H and O–H groups in total. The first-order valence-electron chi connectivity index (χ1n) is 9.07. The van der Waals surface area contributed by atoms with E-state index in [0.29, 0.717) is 33.9 Å². The Morgan fingerprint density at radius 2 is 2.07 bits per heavy atom. The lowest BCUT2D eigenvalue weighted by Crippen LogP contribution is -2.34. The average molecular weight is 424 g/mol. The van der Waals surface area contributed by atoms with E-state index in [1.807, 2.05) is 32.9 Å². The van der Waals surface area contributed by atoms with Crippen molar-refractivity contribution in [2.45, 2.75) is 27.2 Å². The molecule has 1 aromatic rings. The molecule has 28 heavy (non-hydrogen) atoms. The maximum absolute atomic E-state index is 12.6. The van der Waals surface area contributed by atoms with Crippen molar-refractivity contribution in [3.63, 3.8) is 0 Å². The lowest BCUT2D eigenvalue weighted by molar-refractivity contribution is -0.147. The molecule has 1 aliphatic heterocycles. The van der Waals surface area contributed by atoms with Gasteiger partial charge >= 0.3 is 5.97 Å². The van der Waals surface area contributed by atoms with Gasteiger partial charge in [0, 0.05) is 0 Å². The number of hydrogen-bond donors (Lipinski definition) is 0. The van der Waals surface area contributed by atoms with Crippen molar-refractivity contribution < 1.29 is 23.8 Å². The number of nitrogens with zero attached hydrogens (tertiary/aromatic N) is 1. The molecule has 1 aliphatic rings. The van der Waals surface area contributed by atoms with Gasteiger partial charge < -0.3 is 14.2 Å². The van der Waals surface area contributed by atoms with Crippen LogP contribution in [0.25, 0.3) is 6.08 Å². The summed E-state index contributed by atoms with van der Waals surface area (Å²) < 4.78 is 16.5. The highest BCUT2D eigenvalue weighted by molar-refractivity contribution is 8.26. The van der Waals surface area contributed by atoms with Gasteiger partial charge in [-0.05, 0) is 36.1 Å². The van der Waals surface area contributed by atoms with Crippen LogP contribution in [0.5, 0.6) is 11.5 Å². The molecular formula is C20H25NO5S2. The summed E-state index contributed by atoms with van der Waals surface area (Å²) in [6, 6.07) is 5.45. The van der Waals surface area contributed by atoms with Crippen LogP contribution >= 0.6 is 24.0 Å². The average Bonchev–Trinajstić information content (AvgIpc) is 2.92. The summed E-state index contributed by atoms with van der Waals surface area (Å²) in [6.07, 6.45) is 2.62. The monoisotopic (exact) mass is 423 g/mol. The predicted octanol–water partition coefficient (Wildman–Crippen LogP) is 3.88. The van der Waals surface area contributed by atoms with E-state index < -0.39 is 5.97 Å². The molecule has 1 saturated heterocycles. The van der Waals surface area contributed by atoms with Crippen LogP contribution < -0.4 is 9.47 Å². The van der Waals surface area contributed by atoms with E-state index in [0.717, 1.165) is 23.7 Å². The van der Waals surface area contributed by atoms with Crippen molar-refractivity contribution in [1.29, 1.82) is 0 Å². The number of amides is 1. The Morgan fingerprint density at radius 3 is 2.71 bits per heavy atom. The molecule has 0 bridgehead atoms. The van der Waals surface area contributed by atoms with Crippen LogP contribution in [-0.4, -0.2) is 48.0 Å². The fourth-order valence-electron chi connectivity index (χ4n) is 2.33. The molecule has 6 nitrogen and oxygen atoms in total. The highest BCUT2D eigenvalue weighted by Crippen LogP contribution is 2.34. The number of rotatable bonds is 9. The maximum atomic E-state index is 12.6. The molecule has 0 atom stereocenters. The number of ether oxygens (including phenoxy) is 3. The van der Waals surface area contributed by atoms with E-state index in [9.17, 15) is 9.59 Å². The Bertz CT molecular complexity index is 776. The van der Waals surface area contributed by atoms with Crippen LogP contribution in [0.15, 0.2) is 23.1 Å². The highest BCUT2D eigenvalue weighted by Gasteiger charge is 2.33. The standard InChI is InChI=1S/C20H25NO5S2/c1-5-8-25-15-7-6-14(9-16(15)24-4)10-17-19(23)21(20(27)28-17)11-18(22)26-12-13(2)3/h6-7,9-10,13H,5,8,11-12H2,1-4H3/b17-10-. The van der Waals surface area contributed by atoms with Gasteiger partial charge in [-0.3, -0.25) is 14.5 Å². The minimum atomic E-state index is -0.467. The maximum Gasteiger partial charge on any atom is 0.326 e. The minimum absolute atomic E-state index is 0.179. The van der Waals surface area contributed by atoms with Crippen LogP contribution in [0.4, 0.5) is 0 Å². The van der Waals surface area contributed by atoms with Crippen molar-refractivity contribution in [3.05, 3.63) is 28.7 Å². The normalized spacial score (nSPS) is 15.5. The number of thiocarbonyl (C=S) groups is 1. The molecule has 8 heteroatoms. The van der Waals surface area contributed by atoms with Gasteiger partial charge in [0.25, 0.3) is 5.91 Å². The van der Waals surface area contributed by atoms with Gasteiger partial charge in [0.05, 0.1) is 25.2 Å². The summed E-state index contributed by atoms with van der Waals surface area (Å²) >= 11 is 6.42. The third kappa shape index (κ3) is 5.97. The first kappa shape index (κ1) is 22.2. The second-order valence-corrected chi connectivity index (χ2v) is 8.28. The van der Waals surface area contributed by atoms with Crippen molar-refractivity contribution in [1.82, 2.24) is 4.90 Å². The summed E-state index contributed by atoms with van der Waals surface area (Å²) in [4.78, 5) is 26.3. The summed E-state index contributed by atoms with van der Waals surface area (Å²) in [5, 5.41) is 0. The molecule has 1 aromatic carbocycles. The molecule has 0 spiro atoms. The third-order valence-corrected chi connectivity index (χ3v) is 5.06. The predicted molar refractivity (Wildman–Crippen MR) is 114 cm³/mol. The second kappa shape index (κ2) is 10.5. The SMILES string of the molecule is CCCOc1ccc(/C=C2\SC(=S)N(CC(=O)OCC(C)C)C2=O)cc1OC. The van der Waals surface area contributed by atoms with Crippen LogP contribution in [0.3, 0.4) is 0 Å². The molecule has 0 saturated carbocycles. The molecular weight excluding hydrogens is 398 g/mol. The van der Waals surface area contributed by atoms with Gasteiger partial charge in [-0.1, -0.05) is 50.8 Å². The molecule has 152 valence electrons. The van der Waals surface area contributed by atoms with Gasteiger partial charge in [-0.15, -0.1) is 0 Å². The van der Waals surface area contributed by atoms with E-state index in [4.69, 9.17) is 26.4 Å². The van der Waals surface area contributed by atoms with E-state index in [2.05, 4.69) is 0 Å². The number of thioether (sulfide) groups is 1. The third-order valence-electron chi connectivity index (χ3n) is 3.69. The zero-order valence-corrected chi connectivity index (χ0v) is 18.2. The number of carbonyl (C=O) groups excluding carboxylic acids is 2. The van der Waals surface area contributed by atoms with Crippen molar-refractivity contribution in [3.8, 4) is 11.5 Å². The molecule has 1 heterocycles.